The Kier molecular flexibility index (Phi) is 4.59. The lowest BCUT2D eigenvalue weighted by atomic mass is 10.1. The molecule has 0 saturated carbocycles. The second-order valence-electron chi connectivity index (χ2n) is 5.40. The molecule has 0 amide bonds. The fraction of sp³-hybridized carbons (Fsp3) is 0.667. The highest BCUT2D eigenvalue weighted by Gasteiger charge is 2.18. The van der Waals surface area contributed by atoms with Crippen LogP contribution in [0.25, 0.3) is 0 Å². The number of aryl methyl sites for hydroxylation is 1. The normalized spacial score (nSPS) is 20.8. The standard InChI is InChI=1S/C15H25N3/c1-12-9-14(11-16-3)10-15(17-12)18-8-6-4-5-7-13(18)2/h9-10,13,16H,4-8,11H2,1-3H3. The Morgan fingerprint density at radius 3 is 2.94 bits per heavy atom. The summed E-state index contributed by atoms with van der Waals surface area (Å²) in [5.74, 6) is 1.16. The van der Waals surface area contributed by atoms with Crippen molar-refractivity contribution in [3.63, 3.8) is 0 Å². The Hall–Kier alpha value is -1.09. The van der Waals surface area contributed by atoms with Gasteiger partial charge >= 0.3 is 0 Å². The Labute approximate surface area is 111 Å². The van der Waals surface area contributed by atoms with Crippen LogP contribution in [0, 0.1) is 6.92 Å². The lowest BCUT2D eigenvalue weighted by Crippen LogP contribution is -2.33. The predicted octanol–water partition coefficient (Wildman–Crippen LogP) is 2.88. The van der Waals surface area contributed by atoms with E-state index < -0.39 is 0 Å². The minimum atomic E-state index is 0.615. The van der Waals surface area contributed by atoms with E-state index in [0.717, 1.165) is 24.6 Å². The van der Waals surface area contributed by atoms with Crippen LogP contribution in [0.2, 0.25) is 0 Å². The number of hydrogen-bond donors (Lipinski definition) is 1. The molecule has 0 radical (unpaired) electrons. The summed E-state index contributed by atoms with van der Waals surface area (Å²) >= 11 is 0. The SMILES string of the molecule is CNCc1cc(C)nc(N2CCCCCC2C)c1. The molecule has 1 aromatic rings. The summed E-state index contributed by atoms with van der Waals surface area (Å²) in [5.41, 5.74) is 2.45. The van der Waals surface area contributed by atoms with Gasteiger partial charge in [0, 0.05) is 24.8 Å². The first-order valence-electron chi connectivity index (χ1n) is 7.09. The molecule has 1 atom stereocenters. The minimum Gasteiger partial charge on any atom is -0.354 e. The van der Waals surface area contributed by atoms with Crippen molar-refractivity contribution in [3.05, 3.63) is 23.4 Å². The summed E-state index contributed by atoms with van der Waals surface area (Å²) in [4.78, 5) is 7.22. The average Bonchev–Trinajstić information content (AvgIpc) is 2.53. The maximum Gasteiger partial charge on any atom is 0.129 e. The van der Waals surface area contributed by atoms with Gasteiger partial charge in [0.05, 0.1) is 0 Å². The van der Waals surface area contributed by atoms with Crippen LogP contribution in [0.15, 0.2) is 12.1 Å². The van der Waals surface area contributed by atoms with E-state index in [4.69, 9.17) is 4.98 Å². The zero-order valence-electron chi connectivity index (χ0n) is 11.9. The lowest BCUT2D eigenvalue weighted by Gasteiger charge is -2.29. The van der Waals surface area contributed by atoms with Gasteiger partial charge in [-0.2, -0.15) is 0 Å². The highest BCUT2D eigenvalue weighted by molar-refractivity contribution is 5.43. The van der Waals surface area contributed by atoms with Crippen molar-refractivity contribution >= 4 is 5.82 Å². The Bertz CT molecular complexity index is 389. The summed E-state index contributed by atoms with van der Waals surface area (Å²) in [5, 5.41) is 3.22. The summed E-state index contributed by atoms with van der Waals surface area (Å²) in [6, 6.07) is 5.03. The number of hydrogen-bond acceptors (Lipinski definition) is 3. The Morgan fingerprint density at radius 2 is 2.17 bits per heavy atom. The number of aromatic nitrogens is 1. The van der Waals surface area contributed by atoms with Crippen LogP contribution in [0.4, 0.5) is 5.82 Å². The van der Waals surface area contributed by atoms with Gasteiger partial charge < -0.3 is 10.2 Å². The second-order valence-corrected chi connectivity index (χ2v) is 5.40. The van der Waals surface area contributed by atoms with Crippen LogP contribution in [0.3, 0.4) is 0 Å². The van der Waals surface area contributed by atoms with Crippen molar-refractivity contribution in [3.8, 4) is 0 Å². The van der Waals surface area contributed by atoms with Crippen molar-refractivity contribution in [2.45, 2.75) is 52.1 Å². The molecule has 3 heteroatoms. The summed E-state index contributed by atoms with van der Waals surface area (Å²) in [6.07, 6.45) is 5.29. The molecule has 1 aliphatic rings. The number of nitrogens with one attached hydrogen (secondary N) is 1. The molecule has 3 nitrogen and oxygen atoms in total. The first-order chi connectivity index (χ1) is 8.70. The van der Waals surface area contributed by atoms with Gasteiger partial charge in [0.2, 0.25) is 0 Å². The van der Waals surface area contributed by atoms with Gasteiger partial charge in [-0.25, -0.2) is 4.98 Å². The van der Waals surface area contributed by atoms with Crippen LogP contribution < -0.4 is 10.2 Å². The molecule has 1 aromatic heterocycles. The van der Waals surface area contributed by atoms with Gasteiger partial charge in [0.25, 0.3) is 0 Å². The van der Waals surface area contributed by atoms with Crippen molar-refractivity contribution in [1.29, 1.82) is 0 Å². The van der Waals surface area contributed by atoms with E-state index >= 15 is 0 Å². The monoisotopic (exact) mass is 247 g/mol. The molecule has 1 aliphatic heterocycles. The van der Waals surface area contributed by atoms with Crippen LogP contribution in [0.1, 0.15) is 43.9 Å². The molecule has 2 heterocycles. The van der Waals surface area contributed by atoms with Crippen LogP contribution in [-0.4, -0.2) is 24.6 Å². The van der Waals surface area contributed by atoms with Crippen LogP contribution in [-0.2, 0) is 6.54 Å². The molecular weight excluding hydrogens is 222 g/mol. The van der Waals surface area contributed by atoms with Gasteiger partial charge in [0.1, 0.15) is 5.82 Å². The van der Waals surface area contributed by atoms with Crippen molar-refractivity contribution in [1.82, 2.24) is 10.3 Å². The molecule has 0 bridgehead atoms. The molecule has 100 valence electrons. The Balaban J connectivity index is 2.24. The summed E-state index contributed by atoms with van der Waals surface area (Å²) < 4.78 is 0. The minimum absolute atomic E-state index is 0.615. The van der Waals surface area contributed by atoms with Crippen LogP contribution in [0.5, 0.6) is 0 Å². The highest BCUT2D eigenvalue weighted by atomic mass is 15.2. The fourth-order valence-corrected chi connectivity index (χ4v) is 2.79. The highest BCUT2D eigenvalue weighted by Crippen LogP contribution is 2.23. The third kappa shape index (κ3) is 3.22. The number of nitrogens with zero attached hydrogens (tertiary/aromatic N) is 2. The van der Waals surface area contributed by atoms with E-state index in [1.54, 1.807) is 0 Å². The number of rotatable bonds is 3. The van der Waals surface area contributed by atoms with E-state index in [1.807, 2.05) is 7.05 Å². The Morgan fingerprint density at radius 1 is 1.33 bits per heavy atom. The topological polar surface area (TPSA) is 28.2 Å². The van der Waals surface area contributed by atoms with Crippen LogP contribution >= 0.6 is 0 Å². The van der Waals surface area contributed by atoms with Crippen molar-refractivity contribution < 1.29 is 0 Å². The van der Waals surface area contributed by atoms with Gasteiger partial charge in [0.15, 0.2) is 0 Å². The molecule has 18 heavy (non-hydrogen) atoms. The number of pyridine rings is 1. The van der Waals surface area contributed by atoms with Gasteiger partial charge in [-0.1, -0.05) is 12.8 Å². The van der Waals surface area contributed by atoms with Gasteiger partial charge in [-0.05, 0) is 51.4 Å². The van der Waals surface area contributed by atoms with Gasteiger partial charge in [-0.3, -0.25) is 0 Å². The molecule has 0 aliphatic carbocycles. The number of anilines is 1. The third-order valence-electron chi connectivity index (χ3n) is 3.73. The van der Waals surface area contributed by atoms with Gasteiger partial charge in [-0.15, -0.1) is 0 Å². The molecule has 1 saturated heterocycles. The zero-order chi connectivity index (χ0) is 13.0. The molecule has 2 rings (SSSR count). The molecular formula is C15H25N3. The molecule has 1 N–H and O–H groups in total. The smallest absolute Gasteiger partial charge is 0.129 e. The fourth-order valence-electron chi connectivity index (χ4n) is 2.79. The zero-order valence-corrected chi connectivity index (χ0v) is 11.9. The van der Waals surface area contributed by atoms with E-state index in [1.165, 1.54) is 31.2 Å². The lowest BCUT2D eigenvalue weighted by molar-refractivity contribution is 0.610. The van der Waals surface area contributed by atoms with E-state index in [-0.39, 0.29) is 0 Å². The summed E-state index contributed by atoms with van der Waals surface area (Å²) in [7, 11) is 1.99. The average molecular weight is 247 g/mol. The quantitative estimate of drug-likeness (QED) is 0.890. The first-order valence-corrected chi connectivity index (χ1v) is 7.09. The van der Waals surface area contributed by atoms with Crippen molar-refractivity contribution in [2.75, 3.05) is 18.5 Å². The maximum absolute atomic E-state index is 4.73. The maximum atomic E-state index is 4.73. The molecule has 1 unspecified atom stereocenters. The third-order valence-corrected chi connectivity index (χ3v) is 3.73. The summed E-state index contributed by atoms with van der Waals surface area (Å²) in [6.45, 7) is 6.48. The predicted molar refractivity (Wildman–Crippen MR) is 77.0 cm³/mol. The second kappa shape index (κ2) is 6.19. The largest absolute Gasteiger partial charge is 0.354 e. The van der Waals surface area contributed by atoms with E-state index in [9.17, 15) is 0 Å². The molecule has 0 spiro atoms. The first kappa shape index (κ1) is 13.3. The molecule has 0 aromatic carbocycles. The molecule has 1 fully saturated rings. The van der Waals surface area contributed by atoms with E-state index in [2.05, 4.69) is 36.2 Å². The van der Waals surface area contributed by atoms with E-state index in [0.29, 0.717) is 6.04 Å². The van der Waals surface area contributed by atoms with Crippen molar-refractivity contribution in [2.24, 2.45) is 0 Å².